The summed E-state index contributed by atoms with van der Waals surface area (Å²) in [5.74, 6) is -0.992. The van der Waals surface area contributed by atoms with Gasteiger partial charge in [0.05, 0.1) is 13.2 Å². The number of amides is 1. The molecule has 0 rings (SSSR count). The molecular formula is C10H17F3N2O3S. The van der Waals surface area contributed by atoms with Crippen molar-refractivity contribution in [1.82, 2.24) is 10.4 Å². The monoisotopic (exact) mass is 302 g/mol. The van der Waals surface area contributed by atoms with E-state index in [0.29, 0.717) is 11.8 Å². The van der Waals surface area contributed by atoms with Crippen molar-refractivity contribution in [3.8, 4) is 0 Å². The minimum Gasteiger partial charge on any atom is -0.394 e. The van der Waals surface area contributed by atoms with Crippen molar-refractivity contribution in [1.29, 1.82) is 0 Å². The molecule has 0 spiro atoms. The van der Waals surface area contributed by atoms with Gasteiger partial charge in [-0.15, -0.1) is 11.8 Å². The van der Waals surface area contributed by atoms with Crippen LogP contribution in [0, 0.1) is 0 Å². The molecule has 0 radical (unpaired) electrons. The predicted molar refractivity (Wildman–Crippen MR) is 66.1 cm³/mol. The van der Waals surface area contributed by atoms with Gasteiger partial charge in [-0.05, 0) is 13.2 Å². The minimum absolute atomic E-state index is 0.101. The van der Waals surface area contributed by atoms with Gasteiger partial charge in [-0.3, -0.25) is 9.63 Å². The number of carbonyl (C=O) groups excluding carboxylic acids is 1. The lowest BCUT2D eigenvalue weighted by Crippen LogP contribution is -2.34. The molecule has 0 aliphatic heterocycles. The molecule has 5 nitrogen and oxygen atoms in total. The molecule has 0 aliphatic carbocycles. The molecule has 0 bridgehead atoms. The Morgan fingerprint density at radius 1 is 1.47 bits per heavy atom. The molecule has 112 valence electrons. The molecule has 2 N–H and O–H groups in total. The summed E-state index contributed by atoms with van der Waals surface area (Å²) in [6, 6.07) is 0. The minimum atomic E-state index is -4.64. The Bertz CT molecular complexity index is 334. The number of carbonyl (C=O) groups is 1. The molecule has 0 heterocycles. The number of aliphatic hydroxyl groups excluding tert-OH is 1. The van der Waals surface area contributed by atoms with Gasteiger partial charge in [0, 0.05) is 13.6 Å². The summed E-state index contributed by atoms with van der Waals surface area (Å²) in [6.07, 6.45) is -3.27. The van der Waals surface area contributed by atoms with Crippen LogP contribution in [0.3, 0.4) is 0 Å². The number of hydroxylamine groups is 1. The Kier molecular flexibility index (Phi) is 7.88. The molecule has 1 amide bonds. The Balaban J connectivity index is 5.27. The van der Waals surface area contributed by atoms with Crippen LogP contribution < -0.4 is 5.48 Å². The summed E-state index contributed by atoms with van der Waals surface area (Å²) in [5, 5.41) is 8.46. The van der Waals surface area contributed by atoms with Gasteiger partial charge >= 0.3 is 6.18 Å². The number of hydrogen-bond donors (Lipinski definition) is 2. The van der Waals surface area contributed by atoms with Crippen molar-refractivity contribution in [2.24, 2.45) is 0 Å². The van der Waals surface area contributed by atoms with E-state index in [0.717, 1.165) is 4.90 Å². The Morgan fingerprint density at radius 2 is 2.05 bits per heavy atom. The molecule has 0 unspecified atom stereocenters. The number of alkyl halides is 3. The van der Waals surface area contributed by atoms with Crippen LogP contribution in [-0.2, 0) is 9.63 Å². The van der Waals surface area contributed by atoms with E-state index in [9.17, 15) is 18.0 Å². The average Bonchev–Trinajstić information content (AvgIpc) is 2.33. The fourth-order valence-electron chi connectivity index (χ4n) is 1.18. The van der Waals surface area contributed by atoms with Crippen LogP contribution in [0.4, 0.5) is 13.2 Å². The van der Waals surface area contributed by atoms with E-state index < -0.39 is 22.7 Å². The third kappa shape index (κ3) is 5.70. The van der Waals surface area contributed by atoms with Crippen molar-refractivity contribution < 1.29 is 27.9 Å². The van der Waals surface area contributed by atoms with Crippen LogP contribution in [0.25, 0.3) is 0 Å². The number of nitrogens with one attached hydrogen (secondary N) is 1. The van der Waals surface area contributed by atoms with Gasteiger partial charge in [-0.1, -0.05) is 0 Å². The lowest BCUT2D eigenvalue weighted by Gasteiger charge is -2.25. The molecular weight excluding hydrogens is 285 g/mol. The summed E-state index contributed by atoms with van der Waals surface area (Å²) in [7, 11) is 1.25. The Morgan fingerprint density at radius 3 is 2.42 bits per heavy atom. The van der Waals surface area contributed by atoms with Crippen molar-refractivity contribution in [2.45, 2.75) is 13.1 Å². The van der Waals surface area contributed by atoms with E-state index in [1.54, 1.807) is 6.92 Å². The zero-order valence-corrected chi connectivity index (χ0v) is 11.7. The second-order valence-electron chi connectivity index (χ2n) is 3.40. The van der Waals surface area contributed by atoms with Gasteiger partial charge in [0.15, 0.2) is 0 Å². The molecule has 0 saturated carbocycles. The molecule has 0 aromatic rings. The number of rotatable bonds is 7. The van der Waals surface area contributed by atoms with Gasteiger partial charge < -0.3 is 10.0 Å². The maximum Gasteiger partial charge on any atom is 0.432 e. The first kappa shape index (κ1) is 18.1. The van der Waals surface area contributed by atoms with Gasteiger partial charge in [0.25, 0.3) is 5.91 Å². The fraction of sp³-hybridized carbons (Fsp3) is 0.700. The molecule has 0 saturated heterocycles. The van der Waals surface area contributed by atoms with Crippen LogP contribution in [0.2, 0.25) is 0 Å². The maximum absolute atomic E-state index is 13.0. The van der Waals surface area contributed by atoms with Crippen LogP contribution in [-0.4, -0.2) is 55.2 Å². The number of allylic oxidation sites excluding steroid dienone is 1. The summed E-state index contributed by atoms with van der Waals surface area (Å²) in [5.41, 5.74) is 0.841. The Labute approximate surface area is 113 Å². The topological polar surface area (TPSA) is 61.8 Å². The van der Waals surface area contributed by atoms with E-state index >= 15 is 0 Å². The highest BCUT2D eigenvalue weighted by molar-refractivity contribution is 8.03. The van der Waals surface area contributed by atoms with Crippen LogP contribution in [0.5, 0.6) is 0 Å². The van der Waals surface area contributed by atoms with E-state index in [1.807, 2.05) is 5.48 Å². The molecule has 9 heteroatoms. The third-order valence-corrected chi connectivity index (χ3v) is 2.90. The first-order chi connectivity index (χ1) is 8.79. The average molecular weight is 302 g/mol. The zero-order valence-electron chi connectivity index (χ0n) is 10.9. The largest absolute Gasteiger partial charge is 0.432 e. The molecule has 0 atom stereocenters. The normalized spacial score (nSPS) is 13.0. The number of aliphatic hydroxyl groups is 1. The second-order valence-corrected chi connectivity index (χ2v) is 4.21. The summed E-state index contributed by atoms with van der Waals surface area (Å²) < 4.78 is 38.9. The standard InChI is InChI=1S/C10H17F3N2O3S/c1-4-15(2)8(10(11,12)13)7(19-3)9(17)14-18-6-5-16/h16H,4-6H2,1-3H3,(H,14,17)/b8-7-. The van der Waals surface area contributed by atoms with E-state index in [1.165, 1.54) is 13.3 Å². The molecule has 0 aromatic carbocycles. The molecule has 0 aliphatic rings. The molecule has 0 fully saturated rings. The lowest BCUT2D eigenvalue weighted by atomic mass is 10.3. The first-order valence-corrected chi connectivity index (χ1v) is 6.61. The maximum atomic E-state index is 13.0. The van der Waals surface area contributed by atoms with Crippen LogP contribution >= 0.6 is 11.8 Å². The van der Waals surface area contributed by atoms with Gasteiger partial charge in [0.1, 0.15) is 10.6 Å². The predicted octanol–water partition coefficient (Wildman–Crippen LogP) is 1.12. The summed E-state index contributed by atoms with van der Waals surface area (Å²) in [4.78, 5) is 16.6. The smallest absolute Gasteiger partial charge is 0.394 e. The number of nitrogens with zero attached hydrogens (tertiary/aromatic N) is 1. The van der Waals surface area contributed by atoms with Crippen LogP contribution in [0.15, 0.2) is 10.6 Å². The van der Waals surface area contributed by atoms with Crippen molar-refractivity contribution in [3.05, 3.63) is 10.6 Å². The van der Waals surface area contributed by atoms with Crippen molar-refractivity contribution in [3.63, 3.8) is 0 Å². The van der Waals surface area contributed by atoms with E-state index in [4.69, 9.17) is 5.11 Å². The number of thioether (sulfide) groups is 1. The summed E-state index contributed by atoms with van der Waals surface area (Å²) >= 11 is 0.678. The lowest BCUT2D eigenvalue weighted by molar-refractivity contribution is -0.132. The molecule has 0 aromatic heterocycles. The highest BCUT2D eigenvalue weighted by Crippen LogP contribution is 2.33. The van der Waals surface area contributed by atoms with E-state index in [-0.39, 0.29) is 19.8 Å². The van der Waals surface area contributed by atoms with Crippen molar-refractivity contribution >= 4 is 17.7 Å². The van der Waals surface area contributed by atoms with Gasteiger partial charge in [-0.25, -0.2) is 5.48 Å². The highest BCUT2D eigenvalue weighted by atomic mass is 32.2. The van der Waals surface area contributed by atoms with Gasteiger partial charge in [0.2, 0.25) is 0 Å². The quantitative estimate of drug-likeness (QED) is 0.419. The second kappa shape index (κ2) is 8.28. The number of hydrogen-bond acceptors (Lipinski definition) is 5. The fourth-order valence-corrected chi connectivity index (χ4v) is 1.87. The third-order valence-electron chi connectivity index (χ3n) is 2.11. The number of halogens is 3. The van der Waals surface area contributed by atoms with Crippen molar-refractivity contribution in [2.75, 3.05) is 33.1 Å². The Hall–Kier alpha value is -0.930. The first-order valence-electron chi connectivity index (χ1n) is 5.39. The molecule has 19 heavy (non-hydrogen) atoms. The summed E-state index contributed by atoms with van der Waals surface area (Å²) in [6.45, 7) is 1.10. The highest BCUT2D eigenvalue weighted by Gasteiger charge is 2.40. The zero-order chi connectivity index (χ0) is 15.1. The SMILES string of the molecule is CCN(C)/C(=C(\SC)C(=O)NOCCO)C(F)(F)F. The van der Waals surface area contributed by atoms with E-state index in [2.05, 4.69) is 4.84 Å². The van der Waals surface area contributed by atoms with Gasteiger partial charge in [-0.2, -0.15) is 13.2 Å². The van der Waals surface area contributed by atoms with Crippen LogP contribution in [0.1, 0.15) is 6.92 Å².